The normalized spacial score (nSPS) is 16.8. The number of amides is 3. The standard InChI is InChI=1S/C13H9F3N3O2.Y/c1-12(2)10(20)19(11(21)18-12)8-4-3-7(6-17)9(5-8)13(14,15)16;/h3-4H,1-2H3,(H,18,21);/q-1;. The number of imide groups is 1. The van der Waals surface area contributed by atoms with E-state index in [9.17, 15) is 22.8 Å². The summed E-state index contributed by atoms with van der Waals surface area (Å²) in [5, 5.41) is 11.0. The number of nitrogens with zero attached hydrogens (tertiary/aromatic N) is 2. The molecular formula is C13H9F3N3O2Y-. The van der Waals surface area contributed by atoms with Crippen LogP contribution in [0.3, 0.4) is 0 Å². The van der Waals surface area contributed by atoms with Crippen LogP contribution in [0.4, 0.5) is 23.7 Å². The number of carbonyl (C=O) groups is 2. The van der Waals surface area contributed by atoms with Gasteiger partial charge in [-0.1, -0.05) is 5.69 Å². The molecule has 5 nitrogen and oxygen atoms in total. The minimum absolute atomic E-state index is 0. The second-order valence-corrected chi connectivity index (χ2v) is 4.94. The van der Waals surface area contributed by atoms with Crippen LogP contribution in [0.2, 0.25) is 0 Å². The van der Waals surface area contributed by atoms with Gasteiger partial charge < -0.3 is 5.32 Å². The van der Waals surface area contributed by atoms with Crippen molar-refractivity contribution in [1.29, 1.82) is 5.26 Å². The molecule has 3 amide bonds. The van der Waals surface area contributed by atoms with Crippen LogP contribution in [-0.2, 0) is 43.7 Å². The molecule has 1 aromatic carbocycles. The van der Waals surface area contributed by atoms with Crippen molar-refractivity contribution in [3.8, 4) is 6.07 Å². The molecule has 0 atom stereocenters. The van der Waals surface area contributed by atoms with E-state index in [4.69, 9.17) is 5.26 Å². The van der Waals surface area contributed by atoms with Crippen LogP contribution in [0, 0.1) is 17.4 Å². The Bertz CT molecular complexity index is 680. The first-order valence-electron chi connectivity index (χ1n) is 5.78. The van der Waals surface area contributed by atoms with Gasteiger partial charge in [0, 0.05) is 38.8 Å². The molecule has 2 rings (SSSR count). The van der Waals surface area contributed by atoms with Crippen molar-refractivity contribution in [3.05, 3.63) is 29.3 Å². The van der Waals surface area contributed by atoms with E-state index in [1.54, 1.807) is 0 Å². The van der Waals surface area contributed by atoms with Gasteiger partial charge in [0.2, 0.25) is 0 Å². The van der Waals surface area contributed by atoms with E-state index in [0.29, 0.717) is 4.90 Å². The molecule has 0 aromatic heterocycles. The number of alkyl halides is 3. The first kappa shape index (κ1) is 18.6. The van der Waals surface area contributed by atoms with Gasteiger partial charge in [-0.15, -0.1) is 12.1 Å². The van der Waals surface area contributed by atoms with Gasteiger partial charge in [0.15, 0.2) is 0 Å². The molecule has 1 aliphatic rings. The number of nitriles is 1. The Morgan fingerprint density at radius 1 is 1.32 bits per heavy atom. The van der Waals surface area contributed by atoms with Crippen molar-refractivity contribution in [1.82, 2.24) is 5.32 Å². The summed E-state index contributed by atoms with van der Waals surface area (Å²) in [5.74, 6) is -0.693. The molecule has 1 saturated heterocycles. The quantitative estimate of drug-likeness (QED) is 0.595. The summed E-state index contributed by atoms with van der Waals surface area (Å²) in [7, 11) is 0. The van der Waals surface area contributed by atoms with Crippen molar-refractivity contribution in [3.63, 3.8) is 0 Å². The molecule has 9 heteroatoms. The number of rotatable bonds is 1. The largest absolute Gasteiger partial charge is 0.395 e. The van der Waals surface area contributed by atoms with Gasteiger partial charge in [0.05, 0.1) is 0 Å². The smallest absolute Gasteiger partial charge is 0.323 e. The number of carbonyl (C=O) groups excluding carboxylic acids is 2. The summed E-state index contributed by atoms with van der Waals surface area (Å²) in [6, 6.07) is 4.49. The minimum atomic E-state index is -4.81. The first-order valence-corrected chi connectivity index (χ1v) is 5.78. The van der Waals surface area contributed by atoms with Gasteiger partial charge in [0.1, 0.15) is 5.54 Å². The Hall–Kier alpha value is -1.46. The van der Waals surface area contributed by atoms with E-state index in [2.05, 4.69) is 5.32 Å². The Labute approximate surface area is 149 Å². The van der Waals surface area contributed by atoms with Gasteiger partial charge in [-0.3, -0.25) is 9.69 Å². The van der Waals surface area contributed by atoms with Gasteiger partial charge in [-0.2, -0.15) is 19.2 Å². The molecule has 1 aromatic rings. The first-order chi connectivity index (χ1) is 9.58. The molecule has 113 valence electrons. The molecule has 0 bridgehead atoms. The molecule has 1 heterocycles. The number of anilines is 1. The predicted octanol–water partition coefficient (Wildman–Crippen LogP) is 2.21. The van der Waals surface area contributed by atoms with Crippen LogP contribution in [0.15, 0.2) is 12.1 Å². The Morgan fingerprint density at radius 3 is 2.32 bits per heavy atom. The molecule has 22 heavy (non-hydrogen) atoms. The predicted molar refractivity (Wildman–Crippen MR) is 65.1 cm³/mol. The van der Waals surface area contributed by atoms with E-state index >= 15 is 0 Å². The fraction of sp³-hybridized carbons (Fsp3) is 0.308. The van der Waals surface area contributed by atoms with E-state index in [0.717, 1.165) is 12.1 Å². The van der Waals surface area contributed by atoms with Crippen molar-refractivity contribution in [2.45, 2.75) is 25.6 Å². The number of urea groups is 1. The maximum Gasteiger partial charge on any atom is 0.395 e. The SMILES string of the molecule is CC1(C)NC(=O)N(c2[c-]c(C(F)(F)F)c(C#N)cc2)C1=O.[Y]. The molecule has 0 aliphatic carbocycles. The Kier molecular flexibility index (Phi) is 5.05. The maximum atomic E-state index is 12.9. The molecule has 1 aliphatic heterocycles. The van der Waals surface area contributed by atoms with Crippen LogP contribution >= 0.6 is 0 Å². The van der Waals surface area contributed by atoms with E-state index in [1.165, 1.54) is 19.9 Å². The number of halogens is 3. The fourth-order valence-electron chi connectivity index (χ4n) is 1.90. The van der Waals surface area contributed by atoms with Gasteiger partial charge in [-0.05, 0) is 25.0 Å². The van der Waals surface area contributed by atoms with Crippen LogP contribution in [0.1, 0.15) is 25.0 Å². The second kappa shape index (κ2) is 5.97. The van der Waals surface area contributed by atoms with E-state index < -0.39 is 34.8 Å². The molecule has 0 spiro atoms. The number of hydrogen-bond acceptors (Lipinski definition) is 3. The number of benzene rings is 1. The van der Waals surface area contributed by atoms with Gasteiger partial charge in [-0.25, -0.2) is 10.1 Å². The third kappa shape index (κ3) is 3.15. The summed E-state index contributed by atoms with van der Waals surface area (Å²) in [6.07, 6.45) is -4.81. The topological polar surface area (TPSA) is 73.2 Å². The van der Waals surface area contributed by atoms with Crippen molar-refractivity contribution < 1.29 is 55.5 Å². The average molecular weight is 385 g/mol. The molecule has 0 unspecified atom stereocenters. The summed E-state index contributed by atoms with van der Waals surface area (Å²) >= 11 is 0. The summed E-state index contributed by atoms with van der Waals surface area (Å²) in [5.41, 5.74) is -3.50. The Balaban J connectivity index is 0.00000242. The molecule has 1 radical (unpaired) electrons. The summed E-state index contributed by atoms with van der Waals surface area (Å²) in [4.78, 5) is 24.4. The van der Waals surface area contributed by atoms with Crippen LogP contribution in [-0.4, -0.2) is 17.5 Å². The van der Waals surface area contributed by atoms with Gasteiger partial charge >= 0.3 is 12.2 Å². The second-order valence-electron chi connectivity index (χ2n) is 4.94. The maximum absolute atomic E-state index is 12.9. The van der Waals surface area contributed by atoms with E-state index in [-0.39, 0.29) is 38.4 Å². The molecule has 0 saturated carbocycles. The van der Waals surface area contributed by atoms with Crippen LogP contribution in [0.25, 0.3) is 0 Å². The van der Waals surface area contributed by atoms with Gasteiger partial charge in [0.25, 0.3) is 5.91 Å². The third-order valence-electron chi connectivity index (χ3n) is 2.94. The number of nitrogens with one attached hydrogen (secondary N) is 1. The van der Waals surface area contributed by atoms with Crippen LogP contribution < -0.4 is 10.2 Å². The summed E-state index contributed by atoms with van der Waals surface area (Å²) < 4.78 is 38.6. The van der Waals surface area contributed by atoms with Crippen molar-refractivity contribution in [2.75, 3.05) is 4.90 Å². The zero-order chi connectivity index (χ0) is 16.0. The van der Waals surface area contributed by atoms with E-state index in [1.807, 2.05) is 6.07 Å². The average Bonchev–Trinajstić information content (AvgIpc) is 2.56. The molecule has 1 fully saturated rings. The van der Waals surface area contributed by atoms with Crippen LogP contribution in [0.5, 0.6) is 0 Å². The van der Waals surface area contributed by atoms with Crippen molar-refractivity contribution >= 4 is 17.6 Å². The zero-order valence-electron chi connectivity index (χ0n) is 11.6. The molecule has 1 N–H and O–H groups in total. The fourth-order valence-corrected chi connectivity index (χ4v) is 1.90. The monoisotopic (exact) mass is 385 g/mol. The zero-order valence-corrected chi connectivity index (χ0v) is 14.4. The minimum Gasteiger partial charge on any atom is -0.323 e. The third-order valence-corrected chi connectivity index (χ3v) is 2.94. The number of hydrogen-bond donors (Lipinski definition) is 1. The summed E-state index contributed by atoms with van der Waals surface area (Å²) in [6.45, 7) is 2.86. The Morgan fingerprint density at radius 2 is 1.91 bits per heavy atom. The molecular weight excluding hydrogens is 376 g/mol. The van der Waals surface area contributed by atoms with Crippen molar-refractivity contribution in [2.24, 2.45) is 0 Å².